The number of aromatic nitrogens is 3. The van der Waals surface area contributed by atoms with E-state index in [0.717, 1.165) is 33.6 Å². The lowest BCUT2D eigenvalue weighted by atomic mass is 10.1. The third-order valence-electron chi connectivity index (χ3n) is 3.56. The molecule has 0 atom stereocenters. The predicted octanol–water partition coefficient (Wildman–Crippen LogP) is 4.09. The Morgan fingerprint density at radius 2 is 2.20 bits per heavy atom. The van der Waals surface area contributed by atoms with Crippen LogP contribution in [0.1, 0.15) is 11.8 Å². The Morgan fingerprint density at radius 3 is 3.00 bits per heavy atom. The first-order valence-electron chi connectivity index (χ1n) is 7.68. The highest BCUT2D eigenvalue weighted by Crippen LogP contribution is 2.28. The molecule has 3 aromatic heterocycles. The summed E-state index contributed by atoms with van der Waals surface area (Å²) in [7, 11) is 0. The maximum atomic E-state index is 11.2. The summed E-state index contributed by atoms with van der Waals surface area (Å²) in [5.41, 5.74) is 2.60. The molecule has 25 heavy (non-hydrogen) atoms. The first kappa shape index (κ1) is 15.8. The van der Waals surface area contributed by atoms with Crippen LogP contribution in [0.3, 0.4) is 0 Å². The molecule has 0 aliphatic heterocycles. The second-order valence-electron chi connectivity index (χ2n) is 5.44. The summed E-state index contributed by atoms with van der Waals surface area (Å²) in [6.07, 6.45) is 1.80. The summed E-state index contributed by atoms with van der Waals surface area (Å²) < 4.78 is 1.83. The Morgan fingerprint density at radius 1 is 1.28 bits per heavy atom. The topological polar surface area (TPSA) is 71.3 Å². The molecule has 1 amide bonds. The average Bonchev–Trinajstić information content (AvgIpc) is 3.29. The Bertz CT molecular complexity index is 1020. The SMILES string of the molecule is CC(=O)Nc1cccc(-c2cnc3sc(NCc4cccs4)nn23)c1. The average molecular weight is 369 g/mol. The van der Waals surface area contributed by atoms with E-state index in [4.69, 9.17) is 0 Å². The van der Waals surface area contributed by atoms with E-state index in [1.165, 1.54) is 23.1 Å². The molecule has 0 saturated heterocycles. The van der Waals surface area contributed by atoms with Crippen LogP contribution in [0, 0.1) is 0 Å². The number of hydrogen-bond donors (Lipinski definition) is 2. The lowest BCUT2D eigenvalue weighted by Crippen LogP contribution is -2.05. The molecule has 0 spiro atoms. The Kier molecular flexibility index (Phi) is 4.21. The molecule has 126 valence electrons. The molecule has 3 heterocycles. The van der Waals surface area contributed by atoms with Crippen LogP contribution in [0.5, 0.6) is 0 Å². The Hall–Kier alpha value is -2.71. The van der Waals surface area contributed by atoms with Gasteiger partial charge in [-0.05, 0) is 23.6 Å². The highest BCUT2D eigenvalue weighted by Gasteiger charge is 2.12. The number of imidazole rings is 1. The van der Waals surface area contributed by atoms with Gasteiger partial charge in [-0.2, -0.15) is 0 Å². The van der Waals surface area contributed by atoms with Crippen molar-refractivity contribution in [1.29, 1.82) is 0 Å². The van der Waals surface area contributed by atoms with Gasteiger partial charge in [-0.25, -0.2) is 9.50 Å². The molecule has 0 radical (unpaired) electrons. The first-order chi connectivity index (χ1) is 12.2. The minimum atomic E-state index is -0.0932. The van der Waals surface area contributed by atoms with Crippen LogP contribution in [0.4, 0.5) is 10.8 Å². The van der Waals surface area contributed by atoms with Gasteiger partial charge in [0.25, 0.3) is 0 Å². The molecule has 0 bridgehead atoms. The predicted molar refractivity (Wildman–Crippen MR) is 102 cm³/mol. The van der Waals surface area contributed by atoms with Gasteiger partial charge in [0.15, 0.2) is 0 Å². The highest BCUT2D eigenvalue weighted by atomic mass is 32.1. The van der Waals surface area contributed by atoms with Gasteiger partial charge < -0.3 is 10.6 Å². The number of amides is 1. The standard InChI is InChI=1S/C17H15N5OS2/c1-11(23)20-13-5-2-4-12(8-13)15-10-19-17-22(15)21-16(25-17)18-9-14-6-3-7-24-14/h2-8,10H,9H2,1H3,(H,18,21)(H,20,23). The van der Waals surface area contributed by atoms with Crippen LogP contribution in [0.25, 0.3) is 16.2 Å². The van der Waals surface area contributed by atoms with Crippen LogP contribution in [-0.4, -0.2) is 20.5 Å². The van der Waals surface area contributed by atoms with Crippen molar-refractivity contribution in [3.05, 3.63) is 52.9 Å². The maximum Gasteiger partial charge on any atom is 0.221 e. The fourth-order valence-corrected chi connectivity index (χ4v) is 3.91. The molecule has 4 aromatic rings. The summed E-state index contributed by atoms with van der Waals surface area (Å²) in [4.78, 5) is 17.8. The van der Waals surface area contributed by atoms with Crippen LogP contribution >= 0.6 is 22.7 Å². The number of nitrogens with zero attached hydrogens (tertiary/aromatic N) is 3. The van der Waals surface area contributed by atoms with E-state index in [9.17, 15) is 4.79 Å². The minimum absolute atomic E-state index is 0.0932. The van der Waals surface area contributed by atoms with Crippen molar-refractivity contribution in [2.24, 2.45) is 0 Å². The van der Waals surface area contributed by atoms with E-state index >= 15 is 0 Å². The van der Waals surface area contributed by atoms with Crippen LogP contribution in [-0.2, 0) is 11.3 Å². The van der Waals surface area contributed by atoms with Crippen molar-refractivity contribution in [2.75, 3.05) is 10.6 Å². The second kappa shape index (κ2) is 6.66. The zero-order valence-corrected chi connectivity index (χ0v) is 15.0. The molecule has 6 nitrogen and oxygen atoms in total. The molecule has 0 fully saturated rings. The van der Waals surface area contributed by atoms with E-state index in [0.29, 0.717) is 0 Å². The van der Waals surface area contributed by atoms with Crippen LogP contribution < -0.4 is 10.6 Å². The number of benzene rings is 1. The van der Waals surface area contributed by atoms with E-state index in [2.05, 4.69) is 32.2 Å². The normalized spacial score (nSPS) is 10.9. The van der Waals surface area contributed by atoms with Gasteiger partial charge >= 0.3 is 0 Å². The van der Waals surface area contributed by atoms with Crippen molar-refractivity contribution in [2.45, 2.75) is 13.5 Å². The zero-order valence-electron chi connectivity index (χ0n) is 13.4. The van der Waals surface area contributed by atoms with Gasteiger partial charge in [0.1, 0.15) is 0 Å². The quantitative estimate of drug-likeness (QED) is 0.556. The fourth-order valence-electron chi connectivity index (χ4n) is 2.50. The summed E-state index contributed by atoms with van der Waals surface area (Å²) >= 11 is 3.23. The van der Waals surface area contributed by atoms with Gasteiger partial charge in [0, 0.05) is 23.1 Å². The lowest BCUT2D eigenvalue weighted by Gasteiger charge is -2.04. The third-order valence-corrected chi connectivity index (χ3v) is 5.31. The monoisotopic (exact) mass is 369 g/mol. The summed E-state index contributed by atoms with van der Waals surface area (Å²) in [5.74, 6) is -0.0932. The van der Waals surface area contributed by atoms with E-state index in [-0.39, 0.29) is 5.91 Å². The van der Waals surface area contributed by atoms with E-state index < -0.39 is 0 Å². The molecule has 0 unspecified atom stereocenters. The van der Waals surface area contributed by atoms with Crippen molar-refractivity contribution >= 4 is 44.4 Å². The fraction of sp³-hybridized carbons (Fsp3) is 0.118. The van der Waals surface area contributed by atoms with Crippen molar-refractivity contribution < 1.29 is 4.79 Å². The maximum absolute atomic E-state index is 11.2. The number of rotatable bonds is 5. The lowest BCUT2D eigenvalue weighted by molar-refractivity contribution is -0.114. The van der Waals surface area contributed by atoms with Crippen molar-refractivity contribution in [3.8, 4) is 11.3 Å². The van der Waals surface area contributed by atoms with Gasteiger partial charge in [0.05, 0.1) is 18.4 Å². The van der Waals surface area contributed by atoms with Gasteiger partial charge in [-0.1, -0.05) is 29.5 Å². The first-order valence-corrected chi connectivity index (χ1v) is 9.37. The van der Waals surface area contributed by atoms with E-state index in [1.807, 2.05) is 34.8 Å². The van der Waals surface area contributed by atoms with Crippen LogP contribution in [0.2, 0.25) is 0 Å². The number of carbonyl (C=O) groups excluding carboxylic acids is 1. The number of thiophene rings is 1. The van der Waals surface area contributed by atoms with Gasteiger partial charge in [0.2, 0.25) is 16.0 Å². The number of carbonyl (C=O) groups is 1. The Labute approximate surface area is 152 Å². The molecule has 0 aliphatic carbocycles. The Balaban J connectivity index is 1.61. The molecule has 0 saturated carbocycles. The highest BCUT2D eigenvalue weighted by molar-refractivity contribution is 7.20. The third kappa shape index (κ3) is 3.40. The summed E-state index contributed by atoms with van der Waals surface area (Å²) in [6.45, 7) is 2.25. The van der Waals surface area contributed by atoms with Crippen molar-refractivity contribution in [1.82, 2.24) is 14.6 Å². The zero-order chi connectivity index (χ0) is 17.2. The molecular weight excluding hydrogens is 354 g/mol. The van der Waals surface area contributed by atoms with Crippen LogP contribution in [0.15, 0.2) is 48.0 Å². The number of nitrogens with one attached hydrogen (secondary N) is 2. The van der Waals surface area contributed by atoms with Gasteiger partial charge in [-0.3, -0.25) is 4.79 Å². The largest absolute Gasteiger partial charge is 0.355 e. The number of anilines is 2. The smallest absolute Gasteiger partial charge is 0.221 e. The molecule has 4 rings (SSSR count). The molecule has 0 aliphatic rings. The number of fused-ring (bicyclic) bond motifs is 1. The summed E-state index contributed by atoms with van der Waals surface area (Å²) in [5, 5.41) is 13.6. The molecule has 1 aromatic carbocycles. The molecule has 2 N–H and O–H groups in total. The second-order valence-corrected chi connectivity index (χ2v) is 7.43. The van der Waals surface area contributed by atoms with Gasteiger partial charge in [-0.15, -0.1) is 16.4 Å². The summed E-state index contributed by atoms with van der Waals surface area (Å²) in [6, 6.07) is 11.8. The van der Waals surface area contributed by atoms with E-state index in [1.54, 1.807) is 17.5 Å². The molecule has 8 heteroatoms. The minimum Gasteiger partial charge on any atom is -0.355 e. The van der Waals surface area contributed by atoms with Crippen molar-refractivity contribution in [3.63, 3.8) is 0 Å². The molecular formula is C17H15N5OS2. The number of hydrogen-bond acceptors (Lipinski definition) is 6.